The summed E-state index contributed by atoms with van der Waals surface area (Å²) in [4.78, 5) is 0. The number of hydrogen-bond acceptors (Lipinski definition) is 3. The van der Waals surface area contributed by atoms with Crippen LogP contribution in [0.3, 0.4) is 0 Å². The molecular formula is C14H19N3O. The molecule has 0 bridgehead atoms. The second-order valence-electron chi connectivity index (χ2n) is 4.25. The molecule has 0 fully saturated rings. The van der Waals surface area contributed by atoms with Crippen molar-refractivity contribution in [3.05, 3.63) is 47.3 Å². The molecule has 1 heterocycles. The predicted octanol–water partition coefficient (Wildman–Crippen LogP) is 2.04. The molecule has 4 nitrogen and oxygen atoms in total. The number of rotatable bonds is 4. The van der Waals surface area contributed by atoms with E-state index >= 15 is 0 Å². The van der Waals surface area contributed by atoms with Crippen molar-refractivity contribution in [2.45, 2.75) is 19.4 Å². The van der Waals surface area contributed by atoms with Gasteiger partial charge in [-0.3, -0.25) is 4.68 Å². The summed E-state index contributed by atoms with van der Waals surface area (Å²) < 4.78 is 7.09. The number of benzene rings is 1. The number of hydrogen-bond donors (Lipinski definition) is 1. The number of aromatic nitrogens is 2. The Hall–Kier alpha value is -1.81. The zero-order valence-electron chi connectivity index (χ0n) is 11.1. The van der Waals surface area contributed by atoms with Crippen LogP contribution < -0.4 is 10.5 Å². The van der Waals surface area contributed by atoms with Crippen LogP contribution in [-0.4, -0.2) is 16.9 Å². The molecule has 2 rings (SSSR count). The van der Waals surface area contributed by atoms with Crippen molar-refractivity contribution in [1.82, 2.24) is 9.78 Å². The fourth-order valence-corrected chi connectivity index (χ4v) is 2.25. The van der Waals surface area contributed by atoms with E-state index in [0.717, 1.165) is 23.4 Å². The van der Waals surface area contributed by atoms with E-state index in [1.165, 1.54) is 5.56 Å². The molecule has 96 valence electrons. The maximum atomic E-state index is 6.37. The summed E-state index contributed by atoms with van der Waals surface area (Å²) in [5.41, 5.74) is 9.66. The first kappa shape index (κ1) is 12.6. The molecule has 1 unspecified atom stereocenters. The number of nitrogens with zero attached hydrogens (tertiary/aromatic N) is 2. The topological polar surface area (TPSA) is 53.1 Å². The van der Waals surface area contributed by atoms with E-state index in [2.05, 4.69) is 24.2 Å². The van der Waals surface area contributed by atoms with Gasteiger partial charge in [-0.05, 0) is 17.5 Å². The molecule has 1 aromatic carbocycles. The molecule has 1 atom stereocenters. The monoisotopic (exact) mass is 245 g/mol. The molecule has 0 aliphatic heterocycles. The lowest BCUT2D eigenvalue weighted by atomic mass is 9.97. The minimum absolute atomic E-state index is 0.219. The lowest BCUT2D eigenvalue weighted by molar-refractivity contribution is 0.406. The highest BCUT2D eigenvalue weighted by atomic mass is 16.5. The van der Waals surface area contributed by atoms with Gasteiger partial charge >= 0.3 is 0 Å². The van der Waals surface area contributed by atoms with E-state index in [0.29, 0.717) is 0 Å². The lowest BCUT2D eigenvalue weighted by Gasteiger charge is -2.17. The molecule has 4 heteroatoms. The SMILES string of the molecule is CCc1ccccc1C(N)c1c(OC)cnn1C. The van der Waals surface area contributed by atoms with Crippen molar-refractivity contribution in [1.29, 1.82) is 0 Å². The van der Waals surface area contributed by atoms with E-state index in [1.807, 2.05) is 19.2 Å². The summed E-state index contributed by atoms with van der Waals surface area (Å²) in [7, 11) is 3.52. The van der Waals surface area contributed by atoms with Crippen LogP contribution in [-0.2, 0) is 13.5 Å². The molecular weight excluding hydrogens is 226 g/mol. The molecule has 0 aliphatic rings. The fraction of sp³-hybridized carbons (Fsp3) is 0.357. The minimum Gasteiger partial charge on any atom is -0.493 e. The minimum atomic E-state index is -0.219. The van der Waals surface area contributed by atoms with Gasteiger partial charge in [0.05, 0.1) is 19.3 Å². The molecule has 0 spiro atoms. The predicted molar refractivity (Wildman–Crippen MR) is 71.6 cm³/mol. The van der Waals surface area contributed by atoms with Gasteiger partial charge in [-0.15, -0.1) is 0 Å². The number of nitrogens with two attached hydrogens (primary N) is 1. The molecule has 2 aromatic rings. The molecule has 0 radical (unpaired) electrons. The van der Waals surface area contributed by atoms with Gasteiger partial charge in [0, 0.05) is 7.05 Å². The average molecular weight is 245 g/mol. The Bertz CT molecular complexity index is 534. The van der Waals surface area contributed by atoms with Crippen molar-refractivity contribution in [3.8, 4) is 5.75 Å². The van der Waals surface area contributed by atoms with Gasteiger partial charge in [0.15, 0.2) is 5.75 Å². The van der Waals surface area contributed by atoms with Crippen LogP contribution in [0.4, 0.5) is 0 Å². The van der Waals surface area contributed by atoms with Crippen molar-refractivity contribution in [2.75, 3.05) is 7.11 Å². The number of methoxy groups -OCH3 is 1. The van der Waals surface area contributed by atoms with E-state index in [-0.39, 0.29) is 6.04 Å². The molecule has 0 saturated carbocycles. The van der Waals surface area contributed by atoms with Crippen LogP contribution in [0.1, 0.15) is 29.8 Å². The lowest BCUT2D eigenvalue weighted by Crippen LogP contribution is -2.18. The van der Waals surface area contributed by atoms with E-state index in [9.17, 15) is 0 Å². The normalized spacial score (nSPS) is 12.4. The second-order valence-corrected chi connectivity index (χ2v) is 4.25. The summed E-state index contributed by atoms with van der Waals surface area (Å²) >= 11 is 0. The van der Waals surface area contributed by atoms with Crippen molar-refractivity contribution in [2.24, 2.45) is 12.8 Å². The van der Waals surface area contributed by atoms with E-state index in [4.69, 9.17) is 10.5 Å². The molecule has 18 heavy (non-hydrogen) atoms. The van der Waals surface area contributed by atoms with Crippen LogP contribution >= 0.6 is 0 Å². The second kappa shape index (κ2) is 5.23. The third-order valence-corrected chi connectivity index (χ3v) is 3.23. The summed E-state index contributed by atoms with van der Waals surface area (Å²) in [6.07, 6.45) is 2.66. The van der Waals surface area contributed by atoms with Gasteiger partial charge in [-0.2, -0.15) is 5.10 Å². The number of ether oxygens (including phenoxy) is 1. The summed E-state index contributed by atoms with van der Waals surface area (Å²) in [6, 6.07) is 8.00. The number of aryl methyl sites for hydroxylation is 2. The Morgan fingerprint density at radius 1 is 1.39 bits per heavy atom. The highest BCUT2D eigenvalue weighted by molar-refractivity contribution is 5.39. The summed E-state index contributed by atoms with van der Waals surface area (Å²) in [5, 5.41) is 4.20. The highest BCUT2D eigenvalue weighted by Gasteiger charge is 2.20. The maximum Gasteiger partial charge on any atom is 0.161 e. The first-order valence-corrected chi connectivity index (χ1v) is 6.08. The molecule has 1 aromatic heterocycles. The van der Waals surface area contributed by atoms with Crippen LogP contribution in [0.2, 0.25) is 0 Å². The molecule has 0 aliphatic carbocycles. The van der Waals surface area contributed by atoms with Gasteiger partial charge in [-0.25, -0.2) is 0 Å². The van der Waals surface area contributed by atoms with Crippen LogP contribution in [0, 0.1) is 0 Å². The van der Waals surface area contributed by atoms with Crippen molar-refractivity contribution < 1.29 is 4.74 Å². The average Bonchev–Trinajstić information content (AvgIpc) is 2.79. The Morgan fingerprint density at radius 2 is 2.11 bits per heavy atom. The Morgan fingerprint density at radius 3 is 2.78 bits per heavy atom. The van der Waals surface area contributed by atoms with E-state index in [1.54, 1.807) is 18.0 Å². The smallest absolute Gasteiger partial charge is 0.161 e. The molecule has 0 amide bonds. The van der Waals surface area contributed by atoms with Crippen LogP contribution in [0.25, 0.3) is 0 Å². The summed E-state index contributed by atoms with van der Waals surface area (Å²) in [5.74, 6) is 0.732. The van der Waals surface area contributed by atoms with Crippen LogP contribution in [0.5, 0.6) is 5.75 Å². The van der Waals surface area contributed by atoms with E-state index < -0.39 is 0 Å². The standard InChI is InChI=1S/C14H19N3O/c1-4-10-7-5-6-8-11(10)13(15)14-12(18-3)9-16-17(14)2/h5-9,13H,4,15H2,1-3H3. The Kier molecular flexibility index (Phi) is 3.67. The zero-order valence-corrected chi connectivity index (χ0v) is 11.1. The van der Waals surface area contributed by atoms with Gasteiger partial charge in [0.25, 0.3) is 0 Å². The maximum absolute atomic E-state index is 6.37. The van der Waals surface area contributed by atoms with Gasteiger partial charge in [-0.1, -0.05) is 31.2 Å². The Balaban J connectivity index is 2.47. The molecule has 2 N–H and O–H groups in total. The Labute approximate surface area is 107 Å². The zero-order chi connectivity index (χ0) is 13.1. The van der Waals surface area contributed by atoms with Gasteiger partial charge in [0.1, 0.15) is 5.69 Å². The highest BCUT2D eigenvalue weighted by Crippen LogP contribution is 2.29. The first-order chi connectivity index (χ1) is 8.69. The summed E-state index contributed by atoms with van der Waals surface area (Å²) in [6.45, 7) is 2.13. The molecule has 0 saturated heterocycles. The third kappa shape index (κ3) is 2.11. The van der Waals surface area contributed by atoms with Gasteiger partial charge in [0.2, 0.25) is 0 Å². The third-order valence-electron chi connectivity index (χ3n) is 3.23. The largest absolute Gasteiger partial charge is 0.493 e. The van der Waals surface area contributed by atoms with Crippen molar-refractivity contribution in [3.63, 3.8) is 0 Å². The van der Waals surface area contributed by atoms with Crippen molar-refractivity contribution >= 4 is 0 Å². The fourth-order valence-electron chi connectivity index (χ4n) is 2.25. The van der Waals surface area contributed by atoms with Gasteiger partial charge < -0.3 is 10.5 Å². The first-order valence-electron chi connectivity index (χ1n) is 6.08. The van der Waals surface area contributed by atoms with Crippen LogP contribution in [0.15, 0.2) is 30.5 Å². The quantitative estimate of drug-likeness (QED) is 0.896.